The van der Waals surface area contributed by atoms with E-state index in [2.05, 4.69) is 5.32 Å². The van der Waals surface area contributed by atoms with Crippen LogP contribution in [0.25, 0.3) is 0 Å². The third-order valence-electron chi connectivity index (χ3n) is 4.45. The highest BCUT2D eigenvalue weighted by Gasteiger charge is 2.45. The van der Waals surface area contributed by atoms with E-state index in [9.17, 15) is 4.79 Å². The van der Waals surface area contributed by atoms with Gasteiger partial charge in [0.2, 0.25) is 5.91 Å². The number of methoxy groups -OCH3 is 1. The lowest BCUT2D eigenvalue weighted by molar-refractivity contribution is -0.124. The molecule has 23 heavy (non-hydrogen) atoms. The monoisotopic (exact) mass is 349 g/mol. The smallest absolute Gasteiger partial charge is 0.235 e. The number of benzene rings is 2. The minimum atomic E-state index is -0.502. The molecule has 3 rings (SSSR count). The molecule has 1 aliphatic carbocycles. The second-order valence-electron chi connectivity index (χ2n) is 5.74. The van der Waals surface area contributed by atoms with Crippen LogP contribution >= 0.6 is 23.2 Å². The maximum absolute atomic E-state index is 12.9. The predicted octanol–water partition coefficient (Wildman–Crippen LogP) is 5.06. The largest absolute Gasteiger partial charge is 0.495 e. The summed E-state index contributed by atoms with van der Waals surface area (Å²) in [6.45, 7) is 0. The topological polar surface area (TPSA) is 38.3 Å². The van der Waals surface area contributed by atoms with Crippen LogP contribution in [0.2, 0.25) is 10.0 Å². The van der Waals surface area contributed by atoms with E-state index in [1.807, 2.05) is 24.3 Å². The first-order chi connectivity index (χ1) is 11.0. The van der Waals surface area contributed by atoms with Crippen molar-refractivity contribution in [3.63, 3.8) is 0 Å². The molecule has 0 heterocycles. The zero-order valence-electron chi connectivity index (χ0n) is 12.7. The average molecular weight is 350 g/mol. The lowest BCUT2D eigenvalue weighted by atomic mass is 9.64. The van der Waals surface area contributed by atoms with Gasteiger partial charge in [0.05, 0.1) is 18.2 Å². The number of rotatable bonds is 4. The summed E-state index contributed by atoms with van der Waals surface area (Å²) in [5.74, 6) is 0.556. The highest BCUT2D eigenvalue weighted by Crippen LogP contribution is 2.45. The lowest BCUT2D eigenvalue weighted by Gasteiger charge is -2.40. The van der Waals surface area contributed by atoms with E-state index in [4.69, 9.17) is 27.9 Å². The normalized spacial score (nSPS) is 15.6. The molecule has 1 amide bonds. The fourth-order valence-electron chi connectivity index (χ4n) is 2.97. The van der Waals surface area contributed by atoms with Gasteiger partial charge in [0.25, 0.3) is 0 Å². The molecule has 5 heteroatoms. The van der Waals surface area contributed by atoms with Gasteiger partial charge in [-0.2, -0.15) is 0 Å². The Labute approximate surface area is 145 Å². The molecule has 0 unspecified atom stereocenters. The summed E-state index contributed by atoms with van der Waals surface area (Å²) in [5.41, 5.74) is 1.08. The Balaban J connectivity index is 1.89. The standard InChI is InChI=1S/C18H17Cl2NO2/c1-23-16-8-7-14(20)11-15(16)21-17(22)18(9-2-10-18)12-3-5-13(19)6-4-12/h3-8,11H,2,9-10H2,1H3,(H,21,22). The van der Waals surface area contributed by atoms with Gasteiger partial charge in [-0.15, -0.1) is 0 Å². The molecule has 2 aromatic rings. The van der Waals surface area contributed by atoms with E-state index < -0.39 is 5.41 Å². The summed E-state index contributed by atoms with van der Waals surface area (Å²) >= 11 is 12.0. The molecule has 1 N–H and O–H groups in total. The van der Waals surface area contributed by atoms with Gasteiger partial charge in [0.1, 0.15) is 5.75 Å². The molecule has 1 aliphatic rings. The fraction of sp³-hybridized carbons (Fsp3) is 0.278. The minimum absolute atomic E-state index is 0.0355. The lowest BCUT2D eigenvalue weighted by Crippen LogP contribution is -2.46. The number of carbonyl (C=O) groups is 1. The Kier molecular flexibility index (Phi) is 4.51. The van der Waals surface area contributed by atoms with Gasteiger partial charge in [-0.1, -0.05) is 41.8 Å². The third kappa shape index (κ3) is 3.04. The highest BCUT2D eigenvalue weighted by atomic mass is 35.5. The molecule has 0 spiro atoms. The van der Waals surface area contributed by atoms with Crippen LogP contribution in [0.4, 0.5) is 5.69 Å². The van der Waals surface area contributed by atoms with Gasteiger partial charge in [0.15, 0.2) is 0 Å². The highest BCUT2D eigenvalue weighted by molar-refractivity contribution is 6.31. The van der Waals surface area contributed by atoms with Crippen molar-refractivity contribution in [2.24, 2.45) is 0 Å². The predicted molar refractivity (Wildman–Crippen MR) is 93.6 cm³/mol. The molecule has 1 saturated carbocycles. The van der Waals surface area contributed by atoms with Crippen LogP contribution in [0.5, 0.6) is 5.75 Å². The SMILES string of the molecule is COc1ccc(Cl)cc1NC(=O)C1(c2ccc(Cl)cc2)CCC1. The van der Waals surface area contributed by atoms with Gasteiger partial charge in [-0.3, -0.25) is 4.79 Å². The number of nitrogens with one attached hydrogen (secondary N) is 1. The minimum Gasteiger partial charge on any atom is -0.495 e. The molecule has 0 bridgehead atoms. The van der Waals surface area contributed by atoms with Gasteiger partial charge in [-0.25, -0.2) is 0 Å². The Morgan fingerprint density at radius 3 is 2.30 bits per heavy atom. The second kappa shape index (κ2) is 6.42. The maximum atomic E-state index is 12.9. The van der Waals surface area contributed by atoms with Crippen molar-refractivity contribution in [1.82, 2.24) is 0 Å². The first-order valence-electron chi connectivity index (χ1n) is 7.46. The number of carbonyl (C=O) groups excluding carboxylic acids is 1. The molecule has 0 saturated heterocycles. The third-order valence-corrected chi connectivity index (χ3v) is 4.94. The molecule has 120 valence electrons. The zero-order valence-corrected chi connectivity index (χ0v) is 14.2. The second-order valence-corrected chi connectivity index (χ2v) is 6.61. The van der Waals surface area contributed by atoms with Crippen molar-refractivity contribution in [2.45, 2.75) is 24.7 Å². The van der Waals surface area contributed by atoms with Gasteiger partial charge >= 0.3 is 0 Å². The van der Waals surface area contributed by atoms with E-state index >= 15 is 0 Å². The van der Waals surface area contributed by atoms with Crippen LogP contribution in [0, 0.1) is 0 Å². The molecule has 0 radical (unpaired) electrons. The molecule has 0 aromatic heterocycles. The summed E-state index contributed by atoms with van der Waals surface area (Å²) in [6.07, 6.45) is 2.68. The molecular weight excluding hydrogens is 333 g/mol. The van der Waals surface area contributed by atoms with Crippen LogP contribution in [0.3, 0.4) is 0 Å². The quantitative estimate of drug-likeness (QED) is 0.837. The number of halogens is 2. The Hall–Kier alpha value is -1.71. The Morgan fingerprint density at radius 2 is 1.74 bits per heavy atom. The number of ether oxygens (including phenoxy) is 1. The first-order valence-corrected chi connectivity index (χ1v) is 8.22. The van der Waals surface area contributed by atoms with Crippen LogP contribution in [0.1, 0.15) is 24.8 Å². The fourth-order valence-corrected chi connectivity index (χ4v) is 3.26. The number of anilines is 1. The van der Waals surface area contributed by atoms with Crippen LogP contribution < -0.4 is 10.1 Å². The summed E-state index contributed by atoms with van der Waals surface area (Å²) in [4.78, 5) is 12.9. The average Bonchev–Trinajstić information content (AvgIpc) is 2.48. The molecule has 0 aliphatic heterocycles. The molecule has 3 nitrogen and oxygen atoms in total. The van der Waals surface area contributed by atoms with E-state index in [1.165, 1.54) is 0 Å². The number of hydrogen-bond donors (Lipinski definition) is 1. The van der Waals surface area contributed by atoms with Gasteiger partial charge < -0.3 is 10.1 Å². The summed E-state index contributed by atoms with van der Waals surface area (Å²) in [6, 6.07) is 12.7. The number of hydrogen-bond acceptors (Lipinski definition) is 2. The van der Waals surface area contributed by atoms with Gasteiger partial charge in [-0.05, 0) is 48.7 Å². The number of amides is 1. The summed E-state index contributed by atoms with van der Waals surface area (Å²) < 4.78 is 5.30. The first kappa shape index (κ1) is 16.2. The Morgan fingerprint density at radius 1 is 1.09 bits per heavy atom. The Bertz CT molecular complexity index is 724. The zero-order chi connectivity index (χ0) is 16.4. The van der Waals surface area contributed by atoms with Crippen molar-refractivity contribution >= 4 is 34.8 Å². The van der Waals surface area contributed by atoms with Crippen molar-refractivity contribution in [1.29, 1.82) is 0 Å². The van der Waals surface area contributed by atoms with Crippen molar-refractivity contribution in [2.75, 3.05) is 12.4 Å². The van der Waals surface area contributed by atoms with Crippen molar-refractivity contribution in [3.05, 3.63) is 58.1 Å². The van der Waals surface area contributed by atoms with E-state index in [0.29, 0.717) is 21.5 Å². The van der Waals surface area contributed by atoms with E-state index in [1.54, 1.807) is 25.3 Å². The molecular formula is C18H17Cl2NO2. The van der Waals surface area contributed by atoms with Crippen molar-refractivity contribution in [3.8, 4) is 5.75 Å². The molecule has 0 atom stereocenters. The van der Waals surface area contributed by atoms with Crippen LogP contribution in [-0.4, -0.2) is 13.0 Å². The van der Waals surface area contributed by atoms with E-state index in [-0.39, 0.29) is 5.91 Å². The maximum Gasteiger partial charge on any atom is 0.235 e. The van der Waals surface area contributed by atoms with Crippen LogP contribution in [0.15, 0.2) is 42.5 Å². The van der Waals surface area contributed by atoms with Crippen molar-refractivity contribution < 1.29 is 9.53 Å². The van der Waals surface area contributed by atoms with Gasteiger partial charge in [0, 0.05) is 10.0 Å². The summed E-state index contributed by atoms with van der Waals surface area (Å²) in [5, 5.41) is 4.19. The van der Waals surface area contributed by atoms with E-state index in [0.717, 1.165) is 24.8 Å². The molecule has 2 aromatic carbocycles. The van der Waals surface area contributed by atoms with Crippen LogP contribution in [-0.2, 0) is 10.2 Å². The molecule has 1 fully saturated rings. The summed E-state index contributed by atoms with van der Waals surface area (Å²) in [7, 11) is 1.57.